The summed E-state index contributed by atoms with van der Waals surface area (Å²) in [6.45, 7) is 3.48. The minimum atomic E-state index is -0.0243. The Bertz CT molecular complexity index is 207. The first-order chi connectivity index (χ1) is 3.80. The topological polar surface area (TPSA) is 23.1 Å². The molecule has 1 rings (SSSR count). The molecule has 0 amide bonds. The molecule has 0 aromatic carbocycles. The first-order valence-electron chi connectivity index (χ1n) is 2.30. The van der Waals surface area contributed by atoms with Crippen LogP contribution < -0.4 is 24.0 Å². The van der Waals surface area contributed by atoms with Gasteiger partial charge in [0.15, 0.2) is 0 Å². The summed E-state index contributed by atoms with van der Waals surface area (Å²) < 4.78 is 0. The van der Waals surface area contributed by atoms with Gasteiger partial charge < -0.3 is 5.11 Å². The van der Waals surface area contributed by atoms with Gasteiger partial charge in [-0.2, -0.15) is 0 Å². The molecule has 1 nitrogen and oxygen atoms in total. The van der Waals surface area contributed by atoms with E-state index in [9.17, 15) is 5.11 Å². The largest absolute Gasteiger partial charge is 1.00 e. The zero-order valence-electron chi connectivity index (χ0n) is 5.35. The van der Waals surface area contributed by atoms with Crippen LogP contribution in [0.2, 0.25) is 0 Å². The quantitative estimate of drug-likeness (QED) is 0.251. The van der Waals surface area contributed by atoms with Gasteiger partial charge in [0, 0.05) is 0 Å². The van der Waals surface area contributed by atoms with Crippen molar-refractivity contribution in [3.63, 3.8) is 0 Å². The summed E-state index contributed by atoms with van der Waals surface area (Å²) in [6, 6.07) is 0. The van der Waals surface area contributed by atoms with E-state index < -0.39 is 0 Å². The first kappa shape index (κ1) is 8.40. The Morgan fingerprint density at radius 3 is 2.56 bits per heavy atom. The Morgan fingerprint density at radius 2 is 2.22 bits per heavy atom. The maximum absolute atomic E-state index is 10.5. The molecule has 2 heteroatoms. The van der Waals surface area contributed by atoms with E-state index in [4.69, 9.17) is 0 Å². The molecule has 1 aliphatic carbocycles. The molecule has 0 atom stereocenters. The molecule has 0 aliphatic heterocycles. The molecular formula is C7H5LiO. The van der Waals surface area contributed by atoms with E-state index in [-0.39, 0.29) is 24.6 Å². The van der Waals surface area contributed by atoms with Crippen molar-refractivity contribution >= 4 is 0 Å². The maximum Gasteiger partial charge on any atom is 1.00 e. The summed E-state index contributed by atoms with van der Waals surface area (Å²) in [5.41, 5.74) is 3.25. The molecule has 9 heavy (non-hydrogen) atoms. The monoisotopic (exact) mass is 112 g/mol. The van der Waals surface area contributed by atoms with Crippen LogP contribution in [0.25, 0.3) is 0 Å². The molecule has 0 saturated carbocycles. The molecule has 0 fully saturated rings. The van der Waals surface area contributed by atoms with Crippen molar-refractivity contribution in [1.29, 1.82) is 0 Å². The third-order valence-corrected chi connectivity index (χ3v) is 0.905. The second kappa shape index (κ2) is 3.43. The van der Waals surface area contributed by atoms with Crippen molar-refractivity contribution in [2.24, 2.45) is 0 Å². The van der Waals surface area contributed by atoms with Crippen LogP contribution in [0, 0.1) is 0 Å². The van der Waals surface area contributed by atoms with Gasteiger partial charge in [-0.1, -0.05) is 12.7 Å². The van der Waals surface area contributed by atoms with E-state index in [2.05, 4.69) is 12.3 Å². The molecular weight excluding hydrogens is 107 g/mol. The van der Waals surface area contributed by atoms with Crippen LogP contribution >= 0.6 is 0 Å². The number of hydrogen-bond acceptors (Lipinski definition) is 1. The molecule has 0 unspecified atom stereocenters. The molecule has 0 saturated heterocycles. The van der Waals surface area contributed by atoms with E-state index in [0.29, 0.717) is 5.57 Å². The number of allylic oxidation sites excluding steroid dienone is 2. The second-order valence-electron chi connectivity index (χ2n) is 1.53. The molecule has 0 spiro atoms. The fourth-order valence-corrected chi connectivity index (χ4v) is 0.451. The van der Waals surface area contributed by atoms with Crippen molar-refractivity contribution in [3.05, 3.63) is 41.9 Å². The summed E-state index contributed by atoms with van der Waals surface area (Å²) >= 11 is 0. The normalized spacial score (nSPS) is 14.7. The van der Waals surface area contributed by atoms with E-state index in [1.807, 2.05) is 0 Å². The van der Waals surface area contributed by atoms with Gasteiger partial charge >= 0.3 is 18.9 Å². The summed E-state index contributed by atoms with van der Waals surface area (Å²) in [4.78, 5) is 0. The average molecular weight is 112 g/mol. The van der Waals surface area contributed by atoms with Crippen molar-refractivity contribution in [2.45, 2.75) is 0 Å². The fraction of sp³-hybridized carbons (Fsp3) is 0. The van der Waals surface area contributed by atoms with Gasteiger partial charge in [0.25, 0.3) is 0 Å². The third kappa shape index (κ3) is 1.99. The molecule has 1 aliphatic rings. The second-order valence-corrected chi connectivity index (χ2v) is 1.53. The summed E-state index contributed by atoms with van der Waals surface area (Å²) in [5.74, 6) is -0.0243. The Morgan fingerprint density at radius 1 is 1.56 bits per heavy atom. The number of rotatable bonds is 0. The fourth-order valence-electron chi connectivity index (χ4n) is 0.451. The molecule has 0 aromatic heterocycles. The minimum Gasteiger partial charge on any atom is -0.872 e. The zero-order chi connectivity index (χ0) is 5.98. The standard InChI is InChI=1S/C7H6O.Li/c1-6-4-2-3-5-7(6)8;/h3-5,8H,1H2;/q;+1/p-1. The summed E-state index contributed by atoms with van der Waals surface area (Å²) in [5, 5.41) is 10.5. The number of hydrogen-bond donors (Lipinski definition) is 0. The third-order valence-electron chi connectivity index (χ3n) is 0.905. The van der Waals surface area contributed by atoms with Crippen LogP contribution in [0.5, 0.6) is 0 Å². The summed E-state index contributed by atoms with van der Waals surface area (Å²) in [6.07, 6.45) is 4.60. The van der Waals surface area contributed by atoms with Gasteiger partial charge in [-0.3, -0.25) is 0 Å². The molecule has 0 N–H and O–H groups in total. The van der Waals surface area contributed by atoms with Crippen molar-refractivity contribution in [2.75, 3.05) is 0 Å². The smallest absolute Gasteiger partial charge is 0.872 e. The van der Waals surface area contributed by atoms with E-state index in [1.54, 1.807) is 12.2 Å². The maximum atomic E-state index is 10.5. The summed E-state index contributed by atoms with van der Waals surface area (Å²) in [7, 11) is 0. The van der Waals surface area contributed by atoms with Crippen LogP contribution in [-0.2, 0) is 0 Å². The Kier molecular flexibility index (Phi) is 3.20. The van der Waals surface area contributed by atoms with Crippen molar-refractivity contribution in [3.8, 4) is 0 Å². The molecule has 0 aromatic rings. The van der Waals surface area contributed by atoms with Crippen LogP contribution in [0.4, 0.5) is 0 Å². The van der Waals surface area contributed by atoms with Crippen LogP contribution in [0.15, 0.2) is 41.9 Å². The molecule has 40 valence electrons. The Hall–Kier alpha value is -0.603. The zero-order valence-corrected chi connectivity index (χ0v) is 5.35. The molecule has 0 heterocycles. The Labute approximate surface area is 66.3 Å². The average Bonchev–Trinajstić information content (AvgIpc) is 1.77. The molecule has 0 radical (unpaired) electrons. The van der Waals surface area contributed by atoms with Gasteiger partial charge in [0.05, 0.1) is 0 Å². The predicted molar refractivity (Wildman–Crippen MR) is 29.9 cm³/mol. The SMILES string of the molecule is C=C1C=C=CC=C1[O-].[Li+]. The van der Waals surface area contributed by atoms with E-state index in [0.717, 1.165) is 0 Å². The van der Waals surface area contributed by atoms with Gasteiger partial charge in [-0.05, 0) is 17.7 Å². The van der Waals surface area contributed by atoms with Gasteiger partial charge in [0.1, 0.15) is 0 Å². The van der Waals surface area contributed by atoms with E-state index >= 15 is 0 Å². The van der Waals surface area contributed by atoms with Crippen LogP contribution in [0.1, 0.15) is 0 Å². The van der Waals surface area contributed by atoms with Crippen LogP contribution in [0.3, 0.4) is 0 Å². The van der Waals surface area contributed by atoms with Crippen LogP contribution in [-0.4, -0.2) is 0 Å². The van der Waals surface area contributed by atoms with Crippen molar-refractivity contribution in [1.82, 2.24) is 0 Å². The van der Waals surface area contributed by atoms with Gasteiger partial charge in [0.2, 0.25) is 0 Å². The van der Waals surface area contributed by atoms with Gasteiger partial charge in [-0.25, -0.2) is 0 Å². The van der Waals surface area contributed by atoms with Crippen molar-refractivity contribution < 1.29 is 24.0 Å². The minimum absolute atomic E-state index is 0. The van der Waals surface area contributed by atoms with Gasteiger partial charge in [-0.15, -0.1) is 11.5 Å². The predicted octanol–water partition coefficient (Wildman–Crippen LogP) is -2.48. The molecule has 0 bridgehead atoms. The first-order valence-corrected chi connectivity index (χ1v) is 2.30. The Balaban J connectivity index is 0.000000640. The van der Waals surface area contributed by atoms with E-state index in [1.165, 1.54) is 6.08 Å².